The van der Waals surface area contributed by atoms with E-state index in [1.807, 2.05) is 25.1 Å². The molecule has 3 heteroatoms. The highest BCUT2D eigenvalue weighted by molar-refractivity contribution is 5.48. The molecular formula is C14H19NO2. The van der Waals surface area contributed by atoms with Crippen molar-refractivity contribution in [1.29, 1.82) is 0 Å². The van der Waals surface area contributed by atoms with Gasteiger partial charge in [0.15, 0.2) is 0 Å². The number of nitrogens with two attached hydrogens (primary N) is 1. The van der Waals surface area contributed by atoms with Gasteiger partial charge < -0.3 is 15.2 Å². The van der Waals surface area contributed by atoms with Crippen LogP contribution in [0.15, 0.2) is 18.2 Å². The van der Waals surface area contributed by atoms with Gasteiger partial charge in [-0.2, -0.15) is 0 Å². The van der Waals surface area contributed by atoms with Crippen molar-refractivity contribution in [2.24, 2.45) is 5.73 Å². The van der Waals surface area contributed by atoms with Gasteiger partial charge in [-0.05, 0) is 24.6 Å². The third-order valence-corrected chi connectivity index (χ3v) is 2.21. The highest BCUT2D eigenvalue weighted by Crippen LogP contribution is 2.19. The Morgan fingerprint density at radius 3 is 2.82 bits per heavy atom. The van der Waals surface area contributed by atoms with Gasteiger partial charge in [0.05, 0.1) is 18.7 Å². The fourth-order valence-corrected chi connectivity index (χ4v) is 1.40. The van der Waals surface area contributed by atoms with Gasteiger partial charge in [0.2, 0.25) is 0 Å². The molecule has 0 spiro atoms. The Morgan fingerprint density at radius 2 is 2.12 bits per heavy atom. The van der Waals surface area contributed by atoms with Crippen LogP contribution in [-0.4, -0.2) is 26.9 Å². The third kappa shape index (κ3) is 4.90. The molecule has 0 atom stereocenters. The lowest BCUT2D eigenvalue weighted by Crippen LogP contribution is -2.02. The Bertz CT molecular complexity index is 404. The molecule has 0 aliphatic rings. The molecule has 0 aliphatic heterocycles. The van der Waals surface area contributed by atoms with Gasteiger partial charge in [0.25, 0.3) is 0 Å². The Kier molecular flexibility index (Phi) is 6.16. The van der Waals surface area contributed by atoms with E-state index in [0.29, 0.717) is 19.8 Å². The minimum absolute atomic E-state index is 0.358. The molecule has 92 valence electrons. The highest BCUT2D eigenvalue weighted by Gasteiger charge is 2.01. The van der Waals surface area contributed by atoms with E-state index in [2.05, 4.69) is 11.8 Å². The van der Waals surface area contributed by atoms with Gasteiger partial charge in [0.1, 0.15) is 5.75 Å². The fourth-order valence-electron chi connectivity index (χ4n) is 1.40. The first-order valence-electron chi connectivity index (χ1n) is 5.69. The first-order chi connectivity index (χ1) is 8.27. The van der Waals surface area contributed by atoms with E-state index in [9.17, 15) is 0 Å². The minimum Gasteiger partial charge on any atom is -0.492 e. The molecule has 0 fully saturated rings. The summed E-state index contributed by atoms with van der Waals surface area (Å²) in [5, 5.41) is 0. The summed E-state index contributed by atoms with van der Waals surface area (Å²) in [5.74, 6) is 6.68. The first-order valence-corrected chi connectivity index (χ1v) is 5.69. The normalized spacial score (nSPS) is 9.59. The maximum atomic E-state index is 5.67. The van der Waals surface area contributed by atoms with Crippen LogP contribution in [0.4, 0.5) is 0 Å². The zero-order valence-corrected chi connectivity index (χ0v) is 10.5. The van der Waals surface area contributed by atoms with Crippen LogP contribution in [-0.2, 0) is 4.74 Å². The monoisotopic (exact) mass is 233 g/mol. The molecule has 0 amide bonds. The molecule has 1 aromatic rings. The zero-order chi connectivity index (χ0) is 12.5. The molecule has 0 saturated heterocycles. The van der Waals surface area contributed by atoms with Crippen LogP contribution in [0.25, 0.3) is 0 Å². The maximum absolute atomic E-state index is 5.67. The average molecular weight is 233 g/mol. The zero-order valence-electron chi connectivity index (χ0n) is 10.5. The number of hydrogen-bond donors (Lipinski definition) is 1. The number of methoxy groups -OCH3 is 1. The summed E-state index contributed by atoms with van der Waals surface area (Å²) in [7, 11) is 1.68. The van der Waals surface area contributed by atoms with Gasteiger partial charge in [-0.25, -0.2) is 0 Å². The summed E-state index contributed by atoms with van der Waals surface area (Å²) in [5.41, 5.74) is 7.43. The van der Waals surface area contributed by atoms with Crippen molar-refractivity contribution in [3.8, 4) is 17.6 Å². The lowest BCUT2D eigenvalue weighted by molar-refractivity contribution is 0.172. The van der Waals surface area contributed by atoms with Crippen molar-refractivity contribution in [2.75, 3.05) is 26.9 Å². The SMILES string of the molecule is COCCCOc1ccc(C)cc1C#CCN. The molecule has 17 heavy (non-hydrogen) atoms. The Labute approximate surface area is 103 Å². The van der Waals surface area contributed by atoms with Gasteiger partial charge >= 0.3 is 0 Å². The summed E-state index contributed by atoms with van der Waals surface area (Å²) < 4.78 is 10.6. The second-order valence-corrected chi connectivity index (χ2v) is 3.70. The number of benzene rings is 1. The lowest BCUT2D eigenvalue weighted by atomic mass is 10.1. The summed E-state index contributed by atoms with van der Waals surface area (Å²) in [4.78, 5) is 0. The second-order valence-electron chi connectivity index (χ2n) is 3.70. The van der Waals surface area contributed by atoms with Crippen LogP contribution in [0.1, 0.15) is 17.5 Å². The van der Waals surface area contributed by atoms with Crippen LogP contribution >= 0.6 is 0 Å². The summed E-state index contributed by atoms with van der Waals surface area (Å²) in [6, 6.07) is 5.97. The number of rotatable bonds is 5. The Morgan fingerprint density at radius 1 is 1.29 bits per heavy atom. The van der Waals surface area contributed by atoms with E-state index in [1.54, 1.807) is 7.11 Å². The lowest BCUT2D eigenvalue weighted by Gasteiger charge is -2.08. The molecule has 0 aliphatic carbocycles. The van der Waals surface area contributed by atoms with Crippen molar-refractivity contribution in [3.05, 3.63) is 29.3 Å². The van der Waals surface area contributed by atoms with Crippen LogP contribution in [0, 0.1) is 18.8 Å². The molecule has 1 aromatic carbocycles. The predicted octanol–water partition coefficient (Wildman–Crippen LogP) is 1.72. The third-order valence-electron chi connectivity index (χ3n) is 2.21. The van der Waals surface area contributed by atoms with Crippen molar-refractivity contribution >= 4 is 0 Å². The number of aryl methyl sites for hydroxylation is 1. The molecule has 0 radical (unpaired) electrons. The van der Waals surface area contributed by atoms with E-state index in [0.717, 1.165) is 23.3 Å². The predicted molar refractivity (Wildman–Crippen MR) is 69.1 cm³/mol. The van der Waals surface area contributed by atoms with Gasteiger partial charge in [-0.15, -0.1) is 0 Å². The topological polar surface area (TPSA) is 44.5 Å². The maximum Gasteiger partial charge on any atom is 0.134 e. The molecular weight excluding hydrogens is 214 g/mol. The summed E-state index contributed by atoms with van der Waals surface area (Å²) in [6.45, 7) is 3.73. The molecule has 0 unspecified atom stereocenters. The number of hydrogen-bond acceptors (Lipinski definition) is 3. The average Bonchev–Trinajstić information content (AvgIpc) is 2.34. The van der Waals surface area contributed by atoms with Crippen LogP contribution in [0.3, 0.4) is 0 Å². The molecule has 0 saturated carbocycles. The van der Waals surface area contributed by atoms with Crippen molar-refractivity contribution < 1.29 is 9.47 Å². The molecule has 3 nitrogen and oxygen atoms in total. The van der Waals surface area contributed by atoms with Crippen molar-refractivity contribution in [3.63, 3.8) is 0 Å². The highest BCUT2D eigenvalue weighted by atomic mass is 16.5. The van der Waals surface area contributed by atoms with Crippen LogP contribution < -0.4 is 10.5 Å². The van der Waals surface area contributed by atoms with E-state index < -0.39 is 0 Å². The van der Waals surface area contributed by atoms with Crippen molar-refractivity contribution in [1.82, 2.24) is 0 Å². The van der Waals surface area contributed by atoms with Crippen LogP contribution in [0.2, 0.25) is 0 Å². The van der Waals surface area contributed by atoms with E-state index in [4.69, 9.17) is 15.2 Å². The van der Waals surface area contributed by atoms with Gasteiger partial charge in [-0.3, -0.25) is 0 Å². The largest absolute Gasteiger partial charge is 0.492 e. The second kappa shape index (κ2) is 7.72. The first kappa shape index (κ1) is 13.6. The molecule has 1 rings (SSSR count). The molecule has 2 N–H and O–H groups in total. The number of ether oxygens (including phenoxy) is 2. The molecule has 0 bridgehead atoms. The molecule has 0 heterocycles. The smallest absolute Gasteiger partial charge is 0.134 e. The van der Waals surface area contributed by atoms with Crippen LogP contribution in [0.5, 0.6) is 5.75 Å². The van der Waals surface area contributed by atoms with Gasteiger partial charge in [0, 0.05) is 20.1 Å². The summed E-state index contributed by atoms with van der Waals surface area (Å²) >= 11 is 0. The Balaban J connectivity index is 2.69. The van der Waals surface area contributed by atoms with Gasteiger partial charge in [-0.1, -0.05) is 17.9 Å². The minimum atomic E-state index is 0.358. The Hall–Kier alpha value is -1.50. The van der Waals surface area contributed by atoms with E-state index in [-0.39, 0.29) is 0 Å². The quantitative estimate of drug-likeness (QED) is 0.622. The van der Waals surface area contributed by atoms with Crippen molar-refractivity contribution in [2.45, 2.75) is 13.3 Å². The summed E-state index contributed by atoms with van der Waals surface area (Å²) in [6.07, 6.45) is 0.869. The van der Waals surface area contributed by atoms with E-state index >= 15 is 0 Å². The fraction of sp³-hybridized carbons (Fsp3) is 0.429. The van der Waals surface area contributed by atoms with E-state index in [1.165, 1.54) is 0 Å². The molecule has 0 aromatic heterocycles. The standard InChI is InChI=1S/C14H19NO2/c1-12-6-7-14(17-10-4-9-16-2)13(11-12)5-3-8-15/h6-7,11H,4,8-10,15H2,1-2H3.